The van der Waals surface area contributed by atoms with Crippen LogP contribution in [0.15, 0.2) is 33.3 Å². The first-order chi connectivity index (χ1) is 8.72. The molecule has 4 heteroatoms. The summed E-state index contributed by atoms with van der Waals surface area (Å²) in [6, 6.07) is 5.94. The van der Waals surface area contributed by atoms with Crippen molar-refractivity contribution in [2.75, 3.05) is 6.54 Å². The molecule has 0 unspecified atom stereocenters. The molecule has 0 aromatic carbocycles. The molecular weight excluding hydrogens is 228 g/mol. The molecule has 0 fully saturated rings. The van der Waals surface area contributed by atoms with Crippen LogP contribution < -0.4 is 5.73 Å². The van der Waals surface area contributed by atoms with Crippen molar-refractivity contribution in [1.82, 2.24) is 4.90 Å². The lowest BCUT2D eigenvalue weighted by atomic mass is 10.2. The van der Waals surface area contributed by atoms with Crippen LogP contribution in [0.4, 0.5) is 0 Å². The molecule has 0 saturated carbocycles. The molecule has 0 amide bonds. The third-order valence-electron chi connectivity index (χ3n) is 3.08. The Labute approximate surface area is 107 Å². The zero-order chi connectivity index (χ0) is 13.0. The number of furan rings is 2. The Hall–Kier alpha value is -1.52. The molecule has 4 nitrogen and oxygen atoms in total. The van der Waals surface area contributed by atoms with Crippen molar-refractivity contribution < 1.29 is 8.83 Å². The molecule has 2 rings (SSSR count). The van der Waals surface area contributed by atoms with Crippen LogP contribution >= 0.6 is 0 Å². The van der Waals surface area contributed by atoms with Crippen molar-refractivity contribution in [3.8, 4) is 0 Å². The molecule has 18 heavy (non-hydrogen) atoms. The van der Waals surface area contributed by atoms with Crippen LogP contribution in [0.5, 0.6) is 0 Å². The predicted octanol–water partition coefficient (Wildman–Crippen LogP) is 2.66. The third-order valence-corrected chi connectivity index (χ3v) is 3.08. The van der Waals surface area contributed by atoms with Gasteiger partial charge in [-0.15, -0.1) is 0 Å². The number of hydrogen-bond acceptors (Lipinski definition) is 4. The molecule has 0 bridgehead atoms. The largest absolute Gasteiger partial charge is 0.468 e. The van der Waals surface area contributed by atoms with Gasteiger partial charge in [-0.3, -0.25) is 4.90 Å². The van der Waals surface area contributed by atoms with E-state index in [0.29, 0.717) is 6.54 Å². The number of rotatable bonds is 6. The Bertz CT molecular complexity index is 474. The van der Waals surface area contributed by atoms with Gasteiger partial charge in [-0.05, 0) is 31.7 Å². The molecule has 2 N–H and O–H groups in total. The van der Waals surface area contributed by atoms with Gasteiger partial charge in [0.2, 0.25) is 0 Å². The standard InChI is InChI=1S/C14H20N2O2/c1-3-16(9-13-5-4-6-17-13)10-14-7-12(8-15)11(2)18-14/h4-7H,3,8-10,15H2,1-2H3. The van der Waals surface area contributed by atoms with Gasteiger partial charge < -0.3 is 14.6 Å². The van der Waals surface area contributed by atoms with Crippen molar-refractivity contribution >= 4 is 0 Å². The highest BCUT2D eigenvalue weighted by molar-refractivity contribution is 5.20. The second-order valence-electron chi connectivity index (χ2n) is 4.38. The average molecular weight is 248 g/mol. The summed E-state index contributed by atoms with van der Waals surface area (Å²) in [6.07, 6.45) is 1.70. The molecule has 0 aliphatic heterocycles. The minimum absolute atomic E-state index is 0.527. The van der Waals surface area contributed by atoms with Gasteiger partial charge in [-0.25, -0.2) is 0 Å². The van der Waals surface area contributed by atoms with Crippen LogP contribution in [0.1, 0.15) is 29.8 Å². The monoisotopic (exact) mass is 248 g/mol. The van der Waals surface area contributed by atoms with Gasteiger partial charge in [-0.2, -0.15) is 0 Å². The van der Waals surface area contributed by atoms with E-state index in [1.807, 2.05) is 25.1 Å². The highest BCUT2D eigenvalue weighted by Gasteiger charge is 2.11. The predicted molar refractivity (Wildman–Crippen MR) is 69.8 cm³/mol. The summed E-state index contributed by atoms with van der Waals surface area (Å²) in [5.41, 5.74) is 6.73. The Morgan fingerprint density at radius 2 is 2.06 bits per heavy atom. The highest BCUT2D eigenvalue weighted by Crippen LogP contribution is 2.17. The van der Waals surface area contributed by atoms with E-state index >= 15 is 0 Å². The summed E-state index contributed by atoms with van der Waals surface area (Å²) in [5, 5.41) is 0. The maximum absolute atomic E-state index is 5.70. The van der Waals surface area contributed by atoms with E-state index in [9.17, 15) is 0 Å². The van der Waals surface area contributed by atoms with Crippen LogP contribution in [0.2, 0.25) is 0 Å². The zero-order valence-corrected chi connectivity index (χ0v) is 11.0. The fourth-order valence-electron chi connectivity index (χ4n) is 1.99. The molecule has 0 atom stereocenters. The fraction of sp³-hybridized carbons (Fsp3) is 0.429. The summed E-state index contributed by atoms with van der Waals surface area (Å²) in [7, 11) is 0. The van der Waals surface area contributed by atoms with Crippen LogP contribution in [0.25, 0.3) is 0 Å². The van der Waals surface area contributed by atoms with Gasteiger partial charge >= 0.3 is 0 Å². The first-order valence-electron chi connectivity index (χ1n) is 6.26. The fourth-order valence-corrected chi connectivity index (χ4v) is 1.99. The zero-order valence-electron chi connectivity index (χ0n) is 11.0. The van der Waals surface area contributed by atoms with E-state index < -0.39 is 0 Å². The second kappa shape index (κ2) is 5.89. The summed E-state index contributed by atoms with van der Waals surface area (Å²) >= 11 is 0. The van der Waals surface area contributed by atoms with E-state index in [2.05, 4.69) is 11.8 Å². The Morgan fingerprint density at radius 1 is 1.28 bits per heavy atom. The smallest absolute Gasteiger partial charge is 0.118 e. The van der Waals surface area contributed by atoms with Crippen molar-refractivity contribution in [3.05, 3.63) is 47.3 Å². The van der Waals surface area contributed by atoms with Gasteiger partial charge in [0.15, 0.2) is 0 Å². The first kappa shape index (κ1) is 12.9. The van der Waals surface area contributed by atoms with Crippen LogP contribution in [0.3, 0.4) is 0 Å². The minimum atomic E-state index is 0.527. The quantitative estimate of drug-likeness (QED) is 0.854. The lowest BCUT2D eigenvalue weighted by Gasteiger charge is -2.17. The molecular formula is C14H20N2O2. The van der Waals surface area contributed by atoms with Crippen molar-refractivity contribution in [3.63, 3.8) is 0 Å². The van der Waals surface area contributed by atoms with Crippen LogP contribution in [0, 0.1) is 6.92 Å². The highest BCUT2D eigenvalue weighted by atomic mass is 16.3. The number of nitrogens with two attached hydrogens (primary N) is 1. The molecule has 0 aliphatic rings. The van der Waals surface area contributed by atoms with Crippen LogP contribution in [-0.2, 0) is 19.6 Å². The van der Waals surface area contributed by atoms with E-state index in [1.165, 1.54) is 0 Å². The first-order valence-corrected chi connectivity index (χ1v) is 6.26. The summed E-state index contributed by atoms with van der Waals surface area (Å²) in [6.45, 7) is 7.12. The van der Waals surface area contributed by atoms with E-state index in [0.717, 1.165) is 42.5 Å². The molecule has 98 valence electrons. The maximum Gasteiger partial charge on any atom is 0.118 e. The van der Waals surface area contributed by atoms with E-state index in [4.69, 9.17) is 14.6 Å². The van der Waals surface area contributed by atoms with Gasteiger partial charge in [0.05, 0.1) is 19.4 Å². The Kier molecular flexibility index (Phi) is 4.23. The molecule has 2 aromatic heterocycles. The van der Waals surface area contributed by atoms with Gasteiger partial charge in [0.1, 0.15) is 17.3 Å². The lowest BCUT2D eigenvalue weighted by molar-refractivity contribution is 0.227. The molecule has 0 radical (unpaired) electrons. The number of nitrogens with zero attached hydrogens (tertiary/aromatic N) is 1. The Balaban J connectivity index is 2.01. The normalized spacial score (nSPS) is 11.3. The number of aryl methyl sites for hydroxylation is 1. The van der Waals surface area contributed by atoms with E-state index in [-0.39, 0.29) is 0 Å². The average Bonchev–Trinajstić information content (AvgIpc) is 2.98. The molecule has 2 heterocycles. The SMILES string of the molecule is CCN(Cc1ccco1)Cc1cc(CN)c(C)o1. The lowest BCUT2D eigenvalue weighted by Crippen LogP contribution is -2.21. The van der Waals surface area contributed by atoms with Crippen molar-refractivity contribution in [2.45, 2.75) is 33.5 Å². The minimum Gasteiger partial charge on any atom is -0.468 e. The van der Waals surface area contributed by atoms with E-state index in [1.54, 1.807) is 6.26 Å². The molecule has 2 aromatic rings. The second-order valence-corrected chi connectivity index (χ2v) is 4.38. The molecule has 0 aliphatic carbocycles. The summed E-state index contributed by atoms with van der Waals surface area (Å²) < 4.78 is 11.1. The summed E-state index contributed by atoms with van der Waals surface area (Å²) in [4.78, 5) is 2.26. The maximum atomic E-state index is 5.70. The topological polar surface area (TPSA) is 55.5 Å². The van der Waals surface area contributed by atoms with Gasteiger partial charge in [-0.1, -0.05) is 6.92 Å². The van der Waals surface area contributed by atoms with Gasteiger partial charge in [0.25, 0.3) is 0 Å². The van der Waals surface area contributed by atoms with Crippen molar-refractivity contribution in [2.24, 2.45) is 5.73 Å². The van der Waals surface area contributed by atoms with Crippen LogP contribution in [-0.4, -0.2) is 11.4 Å². The van der Waals surface area contributed by atoms with Gasteiger partial charge in [0, 0.05) is 12.1 Å². The number of hydrogen-bond donors (Lipinski definition) is 1. The third kappa shape index (κ3) is 3.03. The van der Waals surface area contributed by atoms with Crippen molar-refractivity contribution in [1.29, 1.82) is 0 Å². The Morgan fingerprint density at radius 3 is 2.61 bits per heavy atom. The summed E-state index contributed by atoms with van der Waals surface area (Å²) in [5.74, 6) is 2.85. The molecule has 0 saturated heterocycles. The molecule has 0 spiro atoms.